The molecule has 1 atom stereocenters. The van der Waals surface area contributed by atoms with Gasteiger partial charge in [0, 0.05) is 13.1 Å². The maximum Gasteiger partial charge on any atom is 0.243 e. The normalized spacial score (nSPS) is 22.4. The Balaban J connectivity index is 0.00000242. The predicted octanol–water partition coefficient (Wildman–Crippen LogP) is 2.09. The lowest BCUT2D eigenvalue weighted by molar-refractivity contribution is 0.349. The molecule has 1 heterocycles. The minimum Gasteiger partial charge on any atom is -0.496 e. The lowest BCUT2D eigenvalue weighted by Crippen LogP contribution is -2.34. The smallest absolute Gasteiger partial charge is 0.243 e. The minimum atomic E-state index is -3.48. The minimum absolute atomic E-state index is 0. The molecule has 1 fully saturated rings. The van der Waals surface area contributed by atoms with E-state index in [1.807, 2.05) is 13.8 Å². The first-order valence-corrected chi connectivity index (χ1v) is 8.53. The number of hydrogen-bond acceptors (Lipinski definition) is 4. The van der Waals surface area contributed by atoms with Crippen molar-refractivity contribution in [2.24, 2.45) is 11.1 Å². The van der Waals surface area contributed by atoms with Gasteiger partial charge in [0.25, 0.3) is 0 Å². The summed E-state index contributed by atoms with van der Waals surface area (Å²) in [6, 6.07) is 3.47. The summed E-state index contributed by atoms with van der Waals surface area (Å²) in [6.07, 6.45) is 0.802. The molecule has 1 aliphatic rings. The molecule has 5 nitrogen and oxygen atoms in total. The average molecular weight is 349 g/mol. The Labute approximate surface area is 139 Å². The van der Waals surface area contributed by atoms with Crippen molar-refractivity contribution in [2.75, 3.05) is 26.7 Å². The number of ether oxygens (including phenoxy) is 1. The highest BCUT2D eigenvalue weighted by Gasteiger charge is 2.39. The zero-order valence-corrected chi connectivity index (χ0v) is 15.2. The molecule has 0 radical (unpaired) electrons. The van der Waals surface area contributed by atoms with Gasteiger partial charge in [-0.05, 0) is 55.5 Å². The van der Waals surface area contributed by atoms with E-state index in [1.165, 1.54) is 0 Å². The van der Waals surface area contributed by atoms with E-state index in [4.69, 9.17) is 10.5 Å². The van der Waals surface area contributed by atoms with E-state index in [2.05, 4.69) is 0 Å². The summed E-state index contributed by atoms with van der Waals surface area (Å²) in [7, 11) is -1.89. The molecule has 1 aromatic carbocycles. The molecule has 1 unspecified atom stereocenters. The highest BCUT2D eigenvalue weighted by Crippen LogP contribution is 2.34. The summed E-state index contributed by atoms with van der Waals surface area (Å²) in [4.78, 5) is 0.363. The van der Waals surface area contributed by atoms with E-state index < -0.39 is 10.0 Å². The molecule has 0 amide bonds. The number of sulfonamides is 1. The lowest BCUT2D eigenvalue weighted by atomic mass is 9.90. The third-order valence-electron chi connectivity index (χ3n) is 4.33. The zero-order valence-electron chi connectivity index (χ0n) is 13.5. The van der Waals surface area contributed by atoms with Crippen LogP contribution >= 0.6 is 12.4 Å². The summed E-state index contributed by atoms with van der Waals surface area (Å²) in [6.45, 7) is 7.20. The van der Waals surface area contributed by atoms with Gasteiger partial charge in [0.15, 0.2) is 0 Å². The topological polar surface area (TPSA) is 72.6 Å². The molecule has 1 saturated heterocycles. The molecule has 1 aliphatic heterocycles. The van der Waals surface area contributed by atoms with Crippen LogP contribution < -0.4 is 10.5 Å². The van der Waals surface area contributed by atoms with Crippen molar-refractivity contribution in [2.45, 2.75) is 32.1 Å². The van der Waals surface area contributed by atoms with Crippen LogP contribution in [0.1, 0.15) is 24.5 Å². The lowest BCUT2D eigenvalue weighted by Gasteiger charge is -2.23. The number of halogens is 1. The quantitative estimate of drug-likeness (QED) is 0.904. The van der Waals surface area contributed by atoms with E-state index in [1.54, 1.807) is 30.5 Å². The second kappa shape index (κ2) is 6.74. The number of hydrogen-bond donors (Lipinski definition) is 1. The monoisotopic (exact) mass is 348 g/mol. The molecule has 0 aliphatic carbocycles. The van der Waals surface area contributed by atoms with Crippen molar-refractivity contribution in [3.63, 3.8) is 0 Å². The Hall–Kier alpha value is -0.820. The third-order valence-corrected chi connectivity index (χ3v) is 6.31. The van der Waals surface area contributed by atoms with Gasteiger partial charge in [0.2, 0.25) is 10.0 Å². The average Bonchev–Trinajstić information content (AvgIpc) is 2.85. The van der Waals surface area contributed by atoms with Gasteiger partial charge < -0.3 is 10.5 Å². The molecule has 1 aromatic rings. The van der Waals surface area contributed by atoms with E-state index in [9.17, 15) is 8.42 Å². The van der Waals surface area contributed by atoms with Gasteiger partial charge >= 0.3 is 0 Å². The summed E-state index contributed by atoms with van der Waals surface area (Å²) in [5, 5.41) is 0. The van der Waals surface area contributed by atoms with Crippen LogP contribution in [0.4, 0.5) is 0 Å². The highest BCUT2D eigenvalue weighted by atomic mass is 35.5. The summed E-state index contributed by atoms with van der Waals surface area (Å²) >= 11 is 0. The van der Waals surface area contributed by atoms with Crippen molar-refractivity contribution >= 4 is 22.4 Å². The Morgan fingerprint density at radius 3 is 2.45 bits per heavy atom. The number of nitrogens with two attached hydrogens (primary N) is 1. The SMILES string of the molecule is COc1cc(C)c(S(=O)(=O)N2CCC(C)(CN)C2)cc1C.Cl. The zero-order chi connectivity index (χ0) is 15.8. The van der Waals surface area contributed by atoms with E-state index >= 15 is 0 Å². The maximum absolute atomic E-state index is 12.9. The van der Waals surface area contributed by atoms with Gasteiger partial charge in [0.05, 0.1) is 12.0 Å². The molecule has 2 N–H and O–H groups in total. The predicted molar refractivity (Wildman–Crippen MR) is 90.3 cm³/mol. The fourth-order valence-corrected chi connectivity index (χ4v) is 4.63. The first kappa shape index (κ1) is 19.2. The second-order valence-corrected chi connectivity index (χ2v) is 8.10. The van der Waals surface area contributed by atoms with Crippen LogP contribution in [0.5, 0.6) is 5.75 Å². The van der Waals surface area contributed by atoms with Gasteiger partial charge in [0.1, 0.15) is 5.75 Å². The standard InChI is InChI=1S/C15H24N2O3S.ClH/c1-11-8-14(12(2)7-13(11)20-4)21(18,19)17-6-5-15(3,9-16)10-17;/h7-8H,5-6,9-10,16H2,1-4H3;1H. The van der Waals surface area contributed by atoms with Crippen LogP contribution in [-0.2, 0) is 10.0 Å². The van der Waals surface area contributed by atoms with Crippen LogP contribution in [0.15, 0.2) is 17.0 Å². The van der Waals surface area contributed by atoms with Crippen LogP contribution in [0.3, 0.4) is 0 Å². The van der Waals surface area contributed by atoms with E-state index in [0.717, 1.165) is 12.0 Å². The van der Waals surface area contributed by atoms with Gasteiger partial charge in [-0.1, -0.05) is 6.92 Å². The van der Waals surface area contributed by atoms with Crippen LogP contribution in [0.2, 0.25) is 0 Å². The molecule has 0 bridgehead atoms. The Morgan fingerprint density at radius 2 is 1.95 bits per heavy atom. The summed E-state index contributed by atoms with van der Waals surface area (Å²) < 4.78 is 32.5. The maximum atomic E-state index is 12.9. The van der Waals surface area contributed by atoms with Crippen molar-refractivity contribution in [3.05, 3.63) is 23.3 Å². The third kappa shape index (κ3) is 3.40. The number of nitrogens with zero attached hydrogens (tertiary/aromatic N) is 1. The van der Waals surface area contributed by atoms with Crippen LogP contribution in [0, 0.1) is 19.3 Å². The molecule has 22 heavy (non-hydrogen) atoms. The molecular formula is C15H25ClN2O3S. The van der Waals surface area contributed by atoms with Gasteiger partial charge in [-0.15, -0.1) is 12.4 Å². The number of aryl methyl sites for hydroxylation is 2. The van der Waals surface area contributed by atoms with Crippen LogP contribution in [0.25, 0.3) is 0 Å². The fraction of sp³-hybridized carbons (Fsp3) is 0.600. The summed E-state index contributed by atoms with van der Waals surface area (Å²) in [5.74, 6) is 0.708. The Morgan fingerprint density at radius 1 is 1.32 bits per heavy atom. The Bertz CT molecular complexity index is 648. The fourth-order valence-electron chi connectivity index (χ4n) is 2.75. The van der Waals surface area contributed by atoms with Gasteiger partial charge in [-0.3, -0.25) is 0 Å². The molecule has 0 spiro atoms. The van der Waals surface area contributed by atoms with Crippen molar-refractivity contribution in [1.82, 2.24) is 4.31 Å². The molecule has 0 aromatic heterocycles. The molecule has 0 saturated carbocycles. The van der Waals surface area contributed by atoms with Gasteiger partial charge in [-0.25, -0.2) is 8.42 Å². The first-order chi connectivity index (χ1) is 9.73. The summed E-state index contributed by atoms with van der Waals surface area (Å²) in [5.41, 5.74) is 7.17. The van der Waals surface area contributed by atoms with Crippen molar-refractivity contribution in [1.29, 1.82) is 0 Å². The van der Waals surface area contributed by atoms with Crippen molar-refractivity contribution < 1.29 is 13.2 Å². The molecule has 2 rings (SSSR count). The first-order valence-electron chi connectivity index (χ1n) is 7.09. The molecule has 126 valence electrons. The van der Waals surface area contributed by atoms with E-state index in [0.29, 0.717) is 35.8 Å². The number of benzene rings is 1. The Kier molecular flexibility index (Phi) is 5.89. The highest BCUT2D eigenvalue weighted by molar-refractivity contribution is 7.89. The molecular weight excluding hydrogens is 324 g/mol. The van der Waals surface area contributed by atoms with E-state index in [-0.39, 0.29) is 17.8 Å². The second-order valence-electron chi connectivity index (χ2n) is 6.19. The number of rotatable bonds is 4. The van der Waals surface area contributed by atoms with Crippen molar-refractivity contribution in [3.8, 4) is 5.75 Å². The van der Waals surface area contributed by atoms with Gasteiger partial charge in [-0.2, -0.15) is 4.31 Å². The largest absolute Gasteiger partial charge is 0.496 e. The number of methoxy groups -OCH3 is 1. The van der Waals surface area contributed by atoms with Crippen LogP contribution in [-0.4, -0.2) is 39.5 Å². The molecule has 7 heteroatoms.